The molecule has 1 atom stereocenters. The van der Waals surface area contributed by atoms with Gasteiger partial charge in [-0.05, 0) is 12.8 Å². The zero-order chi connectivity index (χ0) is 9.40. The summed E-state index contributed by atoms with van der Waals surface area (Å²) in [6, 6.07) is 0. The molecule has 0 unspecified atom stereocenters. The number of Topliss-reactive ketones (excluding diaryl/α,β-unsaturated/α-hetero) is 1. The van der Waals surface area contributed by atoms with Crippen molar-refractivity contribution in [3.05, 3.63) is 0 Å². The average molecular weight is 172 g/mol. The Labute approximate surface area is 75.0 Å². The molecular formula is C10H20O2. The number of hydrogen-bond acceptors (Lipinski definition) is 2. The molecule has 2 heteroatoms. The van der Waals surface area contributed by atoms with Crippen LogP contribution in [0.15, 0.2) is 0 Å². The van der Waals surface area contributed by atoms with Crippen molar-refractivity contribution in [1.29, 1.82) is 0 Å². The van der Waals surface area contributed by atoms with Crippen molar-refractivity contribution >= 4 is 5.78 Å². The lowest BCUT2D eigenvalue weighted by Gasteiger charge is -2.07. The van der Waals surface area contributed by atoms with Crippen LogP contribution in [0.4, 0.5) is 0 Å². The summed E-state index contributed by atoms with van der Waals surface area (Å²) in [6.07, 6.45) is 4.39. The van der Waals surface area contributed by atoms with Gasteiger partial charge in [-0.15, -0.1) is 0 Å². The minimum atomic E-state index is -0.698. The third kappa shape index (κ3) is 5.30. The van der Waals surface area contributed by atoms with Gasteiger partial charge in [0.05, 0.1) is 0 Å². The molecule has 0 aliphatic rings. The SMILES string of the molecule is CCCCC(=O)[C@H](O)CCCC. The molecule has 0 amide bonds. The van der Waals surface area contributed by atoms with Crippen LogP contribution in [0, 0.1) is 0 Å². The first-order valence-electron chi connectivity index (χ1n) is 4.93. The molecule has 0 bridgehead atoms. The zero-order valence-electron chi connectivity index (χ0n) is 8.18. The van der Waals surface area contributed by atoms with Gasteiger partial charge in [0.15, 0.2) is 5.78 Å². The van der Waals surface area contributed by atoms with Crippen LogP contribution in [0.5, 0.6) is 0 Å². The fourth-order valence-electron chi connectivity index (χ4n) is 1.08. The molecule has 0 aromatic carbocycles. The van der Waals surface area contributed by atoms with E-state index < -0.39 is 6.10 Å². The molecule has 0 spiro atoms. The number of ketones is 1. The molecule has 0 fully saturated rings. The third-order valence-electron chi connectivity index (χ3n) is 1.98. The second kappa shape index (κ2) is 7.29. The molecule has 2 nitrogen and oxygen atoms in total. The Bertz CT molecular complexity index is 121. The first kappa shape index (κ1) is 11.6. The van der Waals surface area contributed by atoms with E-state index in [1.54, 1.807) is 0 Å². The predicted molar refractivity (Wildman–Crippen MR) is 50.1 cm³/mol. The molecule has 0 radical (unpaired) electrons. The van der Waals surface area contributed by atoms with Crippen LogP contribution >= 0.6 is 0 Å². The topological polar surface area (TPSA) is 37.3 Å². The average Bonchev–Trinajstić information content (AvgIpc) is 2.10. The molecule has 0 heterocycles. The predicted octanol–water partition coefficient (Wildman–Crippen LogP) is 2.30. The second-order valence-corrected chi connectivity index (χ2v) is 3.23. The Kier molecular flexibility index (Phi) is 7.06. The molecule has 1 N–H and O–H groups in total. The Hall–Kier alpha value is -0.370. The van der Waals surface area contributed by atoms with E-state index in [4.69, 9.17) is 0 Å². The molecule has 12 heavy (non-hydrogen) atoms. The van der Waals surface area contributed by atoms with Crippen LogP contribution in [-0.2, 0) is 4.79 Å². The molecule has 0 rings (SSSR count). The summed E-state index contributed by atoms with van der Waals surface area (Å²) in [5, 5.41) is 9.33. The van der Waals surface area contributed by atoms with E-state index in [9.17, 15) is 9.90 Å². The van der Waals surface area contributed by atoms with Crippen LogP contribution < -0.4 is 0 Å². The lowest BCUT2D eigenvalue weighted by molar-refractivity contribution is -0.127. The molecule has 0 saturated heterocycles. The maximum atomic E-state index is 11.2. The highest BCUT2D eigenvalue weighted by atomic mass is 16.3. The lowest BCUT2D eigenvalue weighted by Crippen LogP contribution is -2.19. The van der Waals surface area contributed by atoms with Gasteiger partial charge in [0, 0.05) is 6.42 Å². The van der Waals surface area contributed by atoms with E-state index >= 15 is 0 Å². The maximum Gasteiger partial charge on any atom is 0.161 e. The van der Waals surface area contributed by atoms with Gasteiger partial charge in [0.25, 0.3) is 0 Å². The summed E-state index contributed by atoms with van der Waals surface area (Å²) < 4.78 is 0. The van der Waals surface area contributed by atoms with Crippen molar-refractivity contribution in [1.82, 2.24) is 0 Å². The summed E-state index contributed by atoms with van der Waals surface area (Å²) >= 11 is 0. The van der Waals surface area contributed by atoms with Gasteiger partial charge in [-0.2, -0.15) is 0 Å². The highest BCUT2D eigenvalue weighted by molar-refractivity contribution is 5.82. The van der Waals surface area contributed by atoms with Crippen LogP contribution in [0.2, 0.25) is 0 Å². The number of aliphatic hydroxyl groups is 1. The number of rotatable bonds is 7. The van der Waals surface area contributed by atoms with Crippen molar-refractivity contribution in [3.8, 4) is 0 Å². The first-order chi connectivity index (χ1) is 5.72. The molecule has 0 aliphatic carbocycles. The number of aliphatic hydroxyl groups excluding tert-OH is 1. The van der Waals surface area contributed by atoms with Gasteiger partial charge in [0.2, 0.25) is 0 Å². The fourth-order valence-corrected chi connectivity index (χ4v) is 1.08. The first-order valence-corrected chi connectivity index (χ1v) is 4.93. The lowest BCUT2D eigenvalue weighted by atomic mass is 10.0. The van der Waals surface area contributed by atoms with Crippen molar-refractivity contribution in [2.45, 2.75) is 58.5 Å². The highest BCUT2D eigenvalue weighted by Gasteiger charge is 2.12. The van der Waals surface area contributed by atoms with Gasteiger partial charge < -0.3 is 5.11 Å². The number of hydrogen-bond donors (Lipinski definition) is 1. The van der Waals surface area contributed by atoms with Crippen LogP contribution in [0.1, 0.15) is 52.4 Å². The molecule has 0 aromatic heterocycles. The highest BCUT2D eigenvalue weighted by Crippen LogP contribution is 2.05. The van der Waals surface area contributed by atoms with Crippen LogP contribution in [0.25, 0.3) is 0 Å². The van der Waals surface area contributed by atoms with E-state index in [2.05, 4.69) is 6.92 Å². The van der Waals surface area contributed by atoms with Crippen LogP contribution in [0.3, 0.4) is 0 Å². The van der Waals surface area contributed by atoms with E-state index in [1.807, 2.05) is 6.92 Å². The smallest absolute Gasteiger partial charge is 0.161 e. The van der Waals surface area contributed by atoms with Gasteiger partial charge in [0.1, 0.15) is 6.10 Å². The Balaban J connectivity index is 3.47. The molecule has 0 saturated carbocycles. The number of carbonyl (C=O) groups is 1. The third-order valence-corrected chi connectivity index (χ3v) is 1.98. The van der Waals surface area contributed by atoms with Crippen molar-refractivity contribution < 1.29 is 9.90 Å². The van der Waals surface area contributed by atoms with E-state index in [0.717, 1.165) is 25.7 Å². The summed E-state index contributed by atoms with van der Waals surface area (Å²) in [4.78, 5) is 11.2. The van der Waals surface area contributed by atoms with Crippen LogP contribution in [-0.4, -0.2) is 17.0 Å². The van der Waals surface area contributed by atoms with Gasteiger partial charge in [-0.3, -0.25) is 4.79 Å². The summed E-state index contributed by atoms with van der Waals surface area (Å²) in [7, 11) is 0. The van der Waals surface area contributed by atoms with Crippen molar-refractivity contribution in [2.24, 2.45) is 0 Å². The normalized spacial score (nSPS) is 12.9. The maximum absolute atomic E-state index is 11.2. The minimum absolute atomic E-state index is 0.0188. The molecular weight excluding hydrogens is 152 g/mol. The van der Waals surface area contributed by atoms with Crippen molar-refractivity contribution in [2.75, 3.05) is 0 Å². The number of unbranched alkanes of at least 4 members (excludes halogenated alkanes) is 2. The van der Waals surface area contributed by atoms with Gasteiger partial charge >= 0.3 is 0 Å². The van der Waals surface area contributed by atoms with E-state index in [-0.39, 0.29) is 5.78 Å². The molecule has 72 valence electrons. The number of carbonyl (C=O) groups excluding carboxylic acids is 1. The minimum Gasteiger partial charge on any atom is -0.385 e. The summed E-state index contributed by atoms with van der Waals surface area (Å²) in [5.41, 5.74) is 0. The van der Waals surface area contributed by atoms with Gasteiger partial charge in [-0.25, -0.2) is 0 Å². The summed E-state index contributed by atoms with van der Waals surface area (Å²) in [6.45, 7) is 4.11. The van der Waals surface area contributed by atoms with E-state index in [0.29, 0.717) is 12.8 Å². The Morgan fingerprint density at radius 2 is 1.83 bits per heavy atom. The molecule has 0 aromatic rings. The quantitative estimate of drug-likeness (QED) is 0.639. The summed E-state index contributed by atoms with van der Waals surface area (Å²) in [5.74, 6) is 0.0188. The van der Waals surface area contributed by atoms with E-state index in [1.165, 1.54) is 0 Å². The van der Waals surface area contributed by atoms with Crippen molar-refractivity contribution in [3.63, 3.8) is 0 Å². The Morgan fingerprint density at radius 3 is 2.33 bits per heavy atom. The standard InChI is InChI=1S/C10H20O2/c1-3-5-7-9(11)10(12)8-6-4-2/h9,11H,3-8H2,1-2H3/t9-/m1/s1. The van der Waals surface area contributed by atoms with Gasteiger partial charge in [-0.1, -0.05) is 33.1 Å². The molecule has 0 aliphatic heterocycles. The Morgan fingerprint density at radius 1 is 1.25 bits per heavy atom. The monoisotopic (exact) mass is 172 g/mol. The fraction of sp³-hybridized carbons (Fsp3) is 0.900. The second-order valence-electron chi connectivity index (χ2n) is 3.23. The largest absolute Gasteiger partial charge is 0.385 e. The zero-order valence-corrected chi connectivity index (χ0v) is 8.18.